The van der Waals surface area contributed by atoms with E-state index in [4.69, 9.17) is 0 Å². The quantitative estimate of drug-likeness (QED) is 0.737. The Balaban J connectivity index is 1.52. The smallest absolute Gasteiger partial charge is 0.254 e. The zero-order chi connectivity index (χ0) is 20.6. The van der Waals surface area contributed by atoms with Crippen molar-refractivity contribution >= 4 is 37.6 Å². The third kappa shape index (κ3) is 3.96. The molecule has 8 heteroatoms. The van der Waals surface area contributed by atoms with E-state index < -0.39 is 15.9 Å². The molecule has 2 amide bonds. The number of hydrogen-bond donors (Lipinski definition) is 1. The van der Waals surface area contributed by atoms with Crippen LogP contribution in [0.5, 0.6) is 0 Å². The lowest BCUT2D eigenvalue weighted by Crippen LogP contribution is -2.47. The first-order valence-corrected chi connectivity index (χ1v) is 12.0. The Kier molecular flexibility index (Phi) is 5.48. The molecule has 1 saturated heterocycles. The summed E-state index contributed by atoms with van der Waals surface area (Å²) >= 11 is 3.36. The fourth-order valence-electron chi connectivity index (χ4n) is 4.05. The molecule has 2 aliphatic rings. The average Bonchev–Trinajstić information content (AvgIpc) is 3.20. The molecular formula is C21H21BrN2O4S. The van der Waals surface area contributed by atoms with Gasteiger partial charge in [-0.3, -0.25) is 9.59 Å². The molecule has 2 aromatic rings. The van der Waals surface area contributed by atoms with E-state index >= 15 is 0 Å². The van der Waals surface area contributed by atoms with Crippen molar-refractivity contribution in [3.63, 3.8) is 0 Å². The van der Waals surface area contributed by atoms with Crippen LogP contribution in [-0.4, -0.2) is 43.5 Å². The molecule has 152 valence electrons. The Morgan fingerprint density at radius 3 is 2.52 bits per heavy atom. The summed E-state index contributed by atoms with van der Waals surface area (Å²) in [5.41, 5.74) is 1.16. The molecule has 4 rings (SSSR count). The lowest BCUT2D eigenvalue weighted by atomic mass is 10.0. The van der Waals surface area contributed by atoms with Crippen LogP contribution in [0.1, 0.15) is 41.2 Å². The molecule has 0 aromatic heterocycles. The molecule has 0 bridgehead atoms. The summed E-state index contributed by atoms with van der Waals surface area (Å²) in [7, 11) is -3.31. The van der Waals surface area contributed by atoms with E-state index in [1.165, 1.54) is 0 Å². The molecule has 2 aromatic carbocycles. The van der Waals surface area contributed by atoms with Crippen LogP contribution in [0.4, 0.5) is 0 Å². The van der Waals surface area contributed by atoms with Crippen molar-refractivity contribution in [3.05, 3.63) is 64.1 Å². The summed E-state index contributed by atoms with van der Waals surface area (Å²) in [6.45, 7) is 0.530. The van der Waals surface area contributed by atoms with Gasteiger partial charge in [0.15, 0.2) is 9.84 Å². The third-order valence-corrected chi connectivity index (χ3v) is 7.87. The molecule has 29 heavy (non-hydrogen) atoms. The number of benzene rings is 2. The van der Waals surface area contributed by atoms with Gasteiger partial charge in [0, 0.05) is 16.6 Å². The Morgan fingerprint density at radius 2 is 1.76 bits per heavy atom. The minimum absolute atomic E-state index is 0.00116. The normalized spacial score (nSPS) is 22.7. The highest BCUT2D eigenvalue weighted by Crippen LogP contribution is 2.32. The fourth-order valence-corrected chi connectivity index (χ4v) is 5.93. The lowest BCUT2D eigenvalue weighted by Gasteiger charge is -2.29. The molecule has 2 aliphatic heterocycles. The molecule has 6 nitrogen and oxygen atoms in total. The van der Waals surface area contributed by atoms with E-state index in [9.17, 15) is 18.0 Å². The number of amides is 2. The molecule has 2 heterocycles. The summed E-state index contributed by atoms with van der Waals surface area (Å²) in [6.07, 6.45) is 1.69. The fraction of sp³-hybridized carbons (Fsp3) is 0.333. The second-order valence-electron chi connectivity index (χ2n) is 7.37. The minimum atomic E-state index is -3.31. The number of carbonyl (C=O) groups excluding carboxylic acids is 2. The maximum Gasteiger partial charge on any atom is 0.254 e. The maximum absolute atomic E-state index is 13.0. The van der Waals surface area contributed by atoms with Crippen LogP contribution in [0.15, 0.2) is 57.9 Å². The average molecular weight is 477 g/mol. The van der Waals surface area contributed by atoms with Gasteiger partial charge < -0.3 is 10.2 Å². The molecule has 2 atom stereocenters. The van der Waals surface area contributed by atoms with Crippen LogP contribution in [0.25, 0.3) is 0 Å². The highest BCUT2D eigenvalue weighted by Gasteiger charge is 2.37. The summed E-state index contributed by atoms with van der Waals surface area (Å²) in [4.78, 5) is 27.8. The summed E-state index contributed by atoms with van der Waals surface area (Å²) in [5.74, 6) is -0.393. The molecular weight excluding hydrogens is 456 g/mol. The van der Waals surface area contributed by atoms with Crippen molar-refractivity contribution in [2.45, 2.75) is 36.2 Å². The predicted molar refractivity (Wildman–Crippen MR) is 112 cm³/mol. The van der Waals surface area contributed by atoms with Gasteiger partial charge in [0.05, 0.1) is 16.7 Å². The standard InChI is InChI=1S/C21H21BrN2O4S/c22-15-9-7-14(8-10-15)21(26)24-12-3-5-18(24)20(25)23-17-11-13-29(27,28)19-6-2-1-4-16(17)19/h1-2,4,6-10,17-18H,3,5,11-13H2,(H,23,25). The van der Waals surface area contributed by atoms with Crippen molar-refractivity contribution in [3.8, 4) is 0 Å². The number of nitrogens with zero attached hydrogens (tertiary/aromatic N) is 1. The summed E-state index contributed by atoms with van der Waals surface area (Å²) < 4.78 is 25.5. The molecule has 2 unspecified atom stereocenters. The number of sulfone groups is 1. The van der Waals surface area contributed by atoms with Crippen molar-refractivity contribution in [2.75, 3.05) is 12.3 Å². The predicted octanol–water partition coefficient (Wildman–Crippen LogP) is 3.09. The van der Waals surface area contributed by atoms with Crippen LogP contribution < -0.4 is 5.32 Å². The van der Waals surface area contributed by atoms with Gasteiger partial charge in [-0.05, 0) is 55.2 Å². The number of halogens is 1. The maximum atomic E-state index is 13.0. The van der Waals surface area contributed by atoms with Gasteiger partial charge in [0.1, 0.15) is 6.04 Å². The van der Waals surface area contributed by atoms with E-state index in [-0.39, 0.29) is 28.5 Å². The number of carbonyl (C=O) groups is 2. The first kappa shape index (κ1) is 20.1. The lowest BCUT2D eigenvalue weighted by molar-refractivity contribution is -0.125. The van der Waals surface area contributed by atoms with Gasteiger partial charge in [0.2, 0.25) is 5.91 Å². The van der Waals surface area contributed by atoms with Crippen molar-refractivity contribution in [2.24, 2.45) is 0 Å². The number of fused-ring (bicyclic) bond motifs is 1. The largest absolute Gasteiger partial charge is 0.347 e. The van der Waals surface area contributed by atoms with Crippen molar-refractivity contribution in [1.29, 1.82) is 0 Å². The van der Waals surface area contributed by atoms with E-state index in [1.54, 1.807) is 53.4 Å². The molecule has 0 saturated carbocycles. The Bertz CT molecular complexity index is 1050. The van der Waals surface area contributed by atoms with E-state index in [0.29, 0.717) is 30.5 Å². The molecule has 0 radical (unpaired) electrons. The van der Waals surface area contributed by atoms with Crippen molar-refractivity contribution < 1.29 is 18.0 Å². The summed E-state index contributed by atoms with van der Waals surface area (Å²) in [6, 6.07) is 13.0. The van der Waals surface area contributed by atoms with Gasteiger partial charge in [0.25, 0.3) is 5.91 Å². The number of likely N-dealkylation sites (tertiary alicyclic amines) is 1. The van der Waals surface area contributed by atoms with Gasteiger partial charge in [-0.15, -0.1) is 0 Å². The topological polar surface area (TPSA) is 83.6 Å². The monoisotopic (exact) mass is 476 g/mol. The van der Waals surface area contributed by atoms with Gasteiger partial charge in [-0.1, -0.05) is 34.1 Å². The Labute approximate surface area is 178 Å². The van der Waals surface area contributed by atoms with Gasteiger partial charge in [-0.2, -0.15) is 0 Å². The first-order chi connectivity index (χ1) is 13.9. The molecule has 1 fully saturated rings. The zero-order valence-electron chi connectivity index (χ0n) is 15.7. The van der Waals surface area contributed by atoms with Crippen molar-refractivity contribution in [1.82, 2.24) is 10.2 Å². The van der Waals surface area contributed by atoms with Crippen LogP contribution in [0.2, 0.25) is 0 Å². The highest BCUT2D eigenvalue weighted by molar-refractivity contribution is 9.10. The third-order valence-electron chi connectivity index (χ3n) is 5.53. The van der Waals surface area contributed by atoms with Crippen LogP contribution in [0.3, 0.4) is 0 Å². The second-order valence-corrected chi connectivity index (χ2v) is 10.4. The molecule has 0 spiro atoms. The molecule has 0 aliphatic carbocycles. The van der Waals surface area contributed by atoms with E-state index in [1.807, 2.05) is 0 Å². The highest BCUT2D eigenvalue weighted by atomic mass is 79.9. The van der Waals surface area contributed by atoms with Crippen LogP contribution >= 0.6 is 15.9 Å². The van der Waals surface area contributed by atoms with Gasteiger partial charge in [-0.25, -0.2) is 8.42 Å². The SMILES string of the molecule is O=C(NC1CCS(=O)(=O)c2ccccc21)C1CCCN1C(=O)c1ccc(Br)cc1. The number of hydrogen-bond acceptors (Lipinski definition) is 4. The van der Waals surface area contributed by atoms with E-state index in [0.717, 1.165) is 10.9 Å². The second kappa shape index (κ2) is 7.91. The summed E-state index contributed by atoms with van der Waals surface area (Å²) in [5, 5.41) is 3.00. The molecule has 1 N–H and O–H groups in total. The number of nitrogens with one attached hydrogen (secondary N) is 1. The Morgan fingerprint density at radius 1 is 1.03 bits per heavy atom. The zero-order valence-corrected chi connectivity index (χ0v) is 18.1. The first-order valence-electron chi connectivity index (χ1n) is 9.55. The van der Waals surface area contributed by atoms with E-state index in [2.05, 4.69) is 21.2 Å². The number of rotatable bonds is 3. The van der Waals surface area contributed by atoms with Crippen LogP contribution in [-0.2, 0) is 14.6 Å². The minimum Gasteiger partial charge on any atom is -0.347 e. The Hall–Kier alpha value is -2.19. The van der Waals surface area contributed by atoms with Crippen LogP contribution in [0, 0.1) is 0 Å². The van der Waals surface area contributed by atoms with Gasteiger partial charge >= 0.3 is 0 Å².